The van der Waals surface area contributed by atoms with Crippen molar-refractivity contribution in [2.24, 2.45) is 5.92 Å². The number of nitrogens with zero attached hydrogens (tertiary/aromatic N) is 1. The van der Waals surface area contributed by atoms with Crippen LogP contribution in [0.3, 0.4) is 0 Å². The van der Waals surface area contributed by atoms with E-state index in [-0.39, 0.29) is 65.7 Å². The van der Waals surface area contributed by atoms with E-state index in [0.29, 0.717) is 25.0 Å². The highest BCUT2D eigenvalue weighted by molar-refractivity contribution is 7.92. The van der Waals surface area contributed by atoms with E-state index in [4.69, 9.17) is 0 Å². The smallest absolute Gasteiger partial charge is 0.337 e. The van der Waals surface area contributed by atoms with Gasteiger partial charge in [-0.05, 0) is 80.3 Å². The molecule has 43 heavy (non-hydrogen) atoms. The lowest BCUT2D eigenvalue weighted by molar-refractivity contribution is -0.348. The van der Waals surface area contributed by atoms with E-state index >= 15 is 0 Å². The number of sulfone groups is 1. The van der Waals surface area contributed by atoms with Gasteiger partial charge in [0.25, 0.3) is 0 Å². The molecule has 5 atom stereocenters. The van der Waals surface area contributed by atoms with Crippen molar-refractivity contribution in [2.45, 2.75) is 90.7 Å². The van der Waals surface area contributed by atoms with E-state index in [1.54, 1.807) is 0 Å². The summed E-state index contributed by atoms with van der Waals surface area (Å²) < 4.78 is 137. The second-order valence-corrected chi connectivity index (χ2v) is 14.2. The molecule has 2 aromatic rings. The molecular weight excluding hydrogens is 608 g/mol. The van der Waals surface area contributed by atoms with Crippen LogP contribution in [0.15, 0.2) is 47.4 Å². The minimum Gasteiger partial charge on any atom is -0.337 e. The molecule has 3 saturated heterocycles. The zero-order valence-electron chi connectivity index (χ0n) is 22.6. The molecule has 1 aliphatic carbocycles. The lowest BCUT2D eigenvalue weighted by atomic mass is 9.76. The highest BCUT2D eigenvalue weighted by atomic mass is 32.2. The highest BCUT2D eigenvalue weighted by Crippen LogP contribution is 2.57. The van der Waals surface area contributed by atoms with Gasteiger partial charge in [-0.2, -0.15) is 26.3 Å². The molecule has 3 fully saturated rings. The van der Waals surface area contributed by atoms with E-state index in [2.05, 4.69) is 5.32 Å². The summed E-state index contributed by atoms with van der Waals surface area (Å²) in [5.41, 5.74) is -7.63. The highest BCUT2D eigenvalue weighted by Gasteiger charge is 2.74. The van der Waals surface area contributed by atoms with E-state index in [1.165, 1.54) is 4.90 Å². The first-order chi connectivity index (χ1) is 20.0. The van der Waals surface area contributed by atoms with E-state index < -0.39 is 50.0 Å². The summed E-state index contributed by atoms with van der Waals surface area (Å²) >= 11 is 0. The summed E-state index contributed by atoms with van der Waals surface area (Å²) in [6.07, 6.45) is -10.1. The van der Waals surface area contributed by atoms with Gasteiger partial charge in [-0.3, -0.25) is 4.79 Å². The first kappa shape index (κ1) is 30.3. The van der Waals surface area contributed by atoms with E-state index in [0.717, 1.165) is 43.2 Å². The molecule has 3 heterocycles. The van der Waals surface area contributed by atoms with Crippen LogP contribution in [-0.2, 0) is 31.5 Å². The molecule has 2 aromatic carbocycles. The molecule has 1 amide bonds. The number of aryl methyl sites for hydroxylation is 1. The first-order valence-electron chi connectivity index (χ1n) is 14.0. The predicted octanol–water partition coefficient (Wildman–Crippen LogP) is 5.86. The van der Waals surface area contributed by atoms with Crippen LogP contribution in [0, 0.1) is 11.7 Å². The van der Waals surface area contributed by atoms with Crippen molar-refractivity contribution in [2.75, 3.05) is 6.54 Å². The Morgan fingerprint density at radius 3 is 2.07 bits per heavy atom. The third-order valence-corrected chi connectivity index (χ3v) is 12.3. The SMILES string of the molecule is O=C([C@H]1C[C@H]2CC[C@@H](C1)N2)N1CC[C@]2(S(=O)(=O)c3ccc(F)cc3)c3ccc(C(F)(C(F)(F)F)C(F)(F)F)cc3CC[C@H]12. The van der Waals surface area contributed by atoms with Gasteiger partial charge in [-0.15, -0.1) is 0 Å². The van der Waals surface area contributed by atoms with Crippen molar-refractivity contribution in [3.8, 4) is 0 Å². The summed E-state index contributed by atoms with van der Waals surface area (Å²) in [6, 6.07) is 4.87. The fourth-order valence-corrected chi connectivity index (χ4v) is 10.2. The summed E-state index contributed by atoms with van der Waals surface area (Å²) in [6.45, 7) is -0.0114. The average Bonchev–Trinajstić information content (AvgIpc) is 3.51. The van der Waals surface area contributed by atoms with Gasteiger partial charge in [-0.25, -0.2) is 17.2 Å². The molecule has 0 spiro atoms. The number of amides is 1. The number of halogens is 8. The third kappa shape index (κ3) is 4.40. The molecule has 0 saturated carbocycles. The van der Waals surface area contributed by atoms with Crippen LogP contribution < -0.4 is 5.32 Å². The molecule has 5 nitrogen and oxygen atoms in total. The number of nitrogens with one attached hydrogen (secondary N) is 1. The summed E-state index contributed by atoms with van der Waals surface area (Å²) in [5, 5.41) is 3.44. The molecule has 14 heteroatoms. The van der Waals surface area contributed by atoms with E-state index in [9.17, 15) is 48.3 Å². The van der Waals surface area contributed by atoms with Crippen LogP contribution in [0.5, 0.6) is 0 Å². The maximum atomic E-state index is 15.0. The van der Waals surface area contributed by atoms with Gasteiger partial charge in [0, 0.05) is 30.1 Å². The van der Waals surface area contributed by atoms with Gasteiger partial charge in [0.15, 0.2) is 9.84 Å². The molecule has 0 aromatic heterocycles. The number of piperidine rings is 1. The number of likely N-dealkylation sites (tertiary alicyclic amines) is 1. The molecule has 3 aliphatic heterocycles. The molecule has 2 bridgehead atoms. The van der Waals surface area contributed by atoms with Crippen LogP contribution >= 0.6 is 0 Å². The summed E-state index contributed by atoms with van der Waals surface area (Å²) in [4.78, 5) is 15.1. The molecule has 4 aliphatic rings. The Hall–Kier alpha value is -2.74. The molecule has 6 rings (SSSR count). The van der Waals surface area contributed by atoms with Crippen molar-refractivity contribution >= 4 is 15.7 Å². The molecule has 1 N–H and O–H groups in total. The lowest BCUT2D eigenvalue weighted by Gasteiger charge is -2.44. The monoisotopic (exact) mass is 636 g/mol. The van der Waals surface area contributed by atoms with Crippen LogP contribution in [0.4, 0.5) is 35.1 Å². The Balaban J connectivity index is 1.48. The Morgan fingerprint density at radius 2 is 1.49 bits per heavy atom. The molecule has 0 unspecified atom stereocenters. The minimum atomic E-state index is -6.33. The van der Waals surface area contributed by atoms with Crippen molar-refractivity contribution < 1.29 is 48.3 Å². The van der Waals surface area contributed by atoms with Crippen LogP contribution in [0.1, 0.15) is 55.2 Å². The van der Waals surface area contributed by atoms with Crippen molar-refractivity contribution in [1.29, 1.82) is 0 Å². The van der Waals surface area contributed by atoms with Gasteiger partial charge < -0.3 is 10.2 Å². The fraction of sp³-hybridized carbons (Fsp3) is 0.552. The number of hydrogen-bond donors (Lipinski definition) is 1. The zero-order chi connectivity index (χ0) is 31.2. The molecule has 234 valence electrons. The van der Waals surface area contributed by atoms with Crippen molar-refractivity contribution in [3.05, 3.63) is 65.0 Å². The minimum absolute atomic E-state index is 0.0114. The van der Waals surface area contributed by atoms with Crippen LogP contribution in [0.2, 0.25) is 0 Å². The van der Waals surface area contributed by atoms with Crippen molar-refractivity contribution in [3.63, 3.8) is 0 Å². The standard InChI is InChI=1S/C29H28F8N2O3S/c30-19-3-7-22(8-4-19)43(41,42)26-11-12-39(25(40)17-14-20-5-6-21(15-17)38-20)24(26)10-1-16-13-18(2-9-23(16)26)27(31,28(32,33)34)29(35,36)37/h2-4,7-9,13,17,20-21,24,38H,1,5-6,10-12,14-15H2/t17-,20+,21-,24-,26-/m0/s1. The zero-order valence-corrected chi connectivity index (χ0v) is 23.4. The Labute approximate surface area is 242 Å². The number of carbonyl (C=O) groups excluding carboxylic acids is 1. The maximum Gasteiger partial charge on any atom is 0.435 e. The summed E-state index contributed by atoms with van der Waals surface area (Å²) in [7, 11) is -4.51. The number of fused-ring (bicyclic) bond motifs is 5. The Morgan fingerprint density at radius 1 is 0.884 bits per heavy atom. The maximum absolute atomic E-state index is 15.0. The van der Waals surface area contributed by atoms with Crippen LogP contribution in [-0.4, -0.2) is 56.2 Å². The fourth-order valence-electron chi connectivity index (χ4n) is 7.81. The number of hydrogen-bond acceptors (Lipinski definition) is 4. The van der Waals surface area contributed by atoms with Gasteiger partial charge in [-0.1, -0.05) is 18.2 Å². The second-order valence-electron chi connectivity index (χ2n) is 12.0. The first-order valence-corrected chi connectivity index (χ1v) is 15.5. The normalized spacial score (nSPS) is 29.3. The predicted molar refractivity (Wildman–Crippen MR) is 138 cm³/mol. The number of alkyl halides is 7. The van der Waals surface area contributed by atoms with Crippen LogP contribution in [0.25, 0.3) is 0 Å². The summed E-state index contributed by atoms with van der Waals surface area (Å²) in [5.74, 6) is -1.32. The van der Waals surface area contributed by atoms with Gasteiger partial charge >= 0.3 is 18.0 Å². The average molecular weight is 637 g/mol. The van der Waals surface area contributed by atoms with E-state index in [1.807, 2.05) is 0 Å². The third-order valence-electron chi connectivity index (χ3n) is 9.77. The van der Waals surface area contributed by atoms with Gasteiger partial charge in [0.1, 0.15) is 10.6 Å². The quantitative estimate of drug-likeness (QED) is 0.338. The molecular formula is C29H28F8N2O3S. The Kier molecular flexibility index (Phi) is 6.96. The second kappa shape index (κ2) is 9.88. The van der Waals surface area contributed by atoms with Gasteiger partial charge in [0.05, 0.1) is 10.9 Å². The topological polar surface area (TPSA) is 66.5 Å². The largest absolute Gasteiger partial charge is 0.435 e. The van der Waals surface area contributed by atoms with Crippen molar-refractivity contribution in [1.82, 2.24) is 10.2 Å². The van der Waals surface area contributed by atoms with Gasteiger partial charge in [0.2, 0.25) is 5.91 Å². The molecule has 0 radical (unpaired) electrons. The lowest BCUT2D eigenvalue weighted by Crippen LogP contribution is -2.54. The number of rotatable bonds is 4. The number of carbonyl (C=O) groups is 1. The Bertz CT molecular complexity index is 1520. The number of benzene rings is 2.